The zero-order chi connectivity index (χ0) is 13.0. The largest absolute Gasteiger partial charge is 0.302 e. The Morgan fingerprint density at radius 1 is 1.35 bits per heavy atom. The molecule has 0 atom stereocenters. The van der Waals surface area contributed by atoms with Gasteiger partial charge < -0.3 is 4.57 Å². The van der Waals surface area contributed by atoms with Gasteiger partial charge in [-0.05, 0) is 12.5 Å². The lowest BCUT2D eigenvalue weighted by atomic mass is 10.1. The first-order chi connectivity index (χ1) is 8.15. The van der Waals surface area contributed by atoms with Gasteiger partial charge in [0.1, 0.15) is 11.6 Å². The van der Waals surface area contributed by atoms with E-state index in [-0.39, 0.29) is 11.3 Å². The third-order valence-corrected chi connectivity index (χ3v) is 2.24. The summed E-state index contributed by atoms with van der Waals surface area (Å²) in [6, 6.07) is 1.92. The third-order valence-electron chi connectivity index (χ3n) is 2.24. The minimum absolute atomic E-state index is 0.156. The van der Waals surface area contributed by atoms with Crippen molar-refractivity contribution in [3.63, 3.8) is 0 Å². The molecule has 5 heteroatoms. The van der Waals surface area contributed by atoms with Crippen LogP contribution in [0.25, 0.3) is 10.9 Å². The number of nitriles is 1. The number of aryl methyl sites for hydroxylation is 2. The Balaban J connectivity index is 0.000000686. The van der Waals surface area contributed by atoms with Gasteiger partial charge in [-0.2, -0.15) is 5.26 Å². The fourth-order valence-corrected chi connectivity index (χ4v) is 1.44. The maximum Gasteiger partial charge on any atom is 0.261 e. The summed E-state index contributed by atoms with van der Waals surface area (Å²) in [4.78, 5) is 19.8. The minimum atomic E-state index is -0.156. The predicted octanol–water partition coefficient (Wildman–Crippen LogP) is 1.53. The quantitative estimate of drug-likeness (QED) is 0.688. The number of hydrogen-bond donors (Lipinski definition) is 0. The van der Waals surface area contributed by atoms with Crippen molar-refractivity contribution in [2.75, 3.05) is 0 Å². The molecule has 0 bridgehead atoms. The van der Waals surface area contributed by atoms with Crippen LogP contribution in [0.5, 0.6) is 0 Å². The number of aromatic nitrogens is 3. The van der Waals surface area contributed by atoms with E-state index in [4.69, 9.17) is 5.26 Å². The minimum Gasteiger partial charge on any atom is -0.302 e. The Morgan fingerprint density at radius 2 is 2.00 bits per heavy atom. The molecular formula is C12H14N4O. The van der Waals surface area contributed by atoms with Gasteiger partial charge in [-0.25, -0.2) is 9.97 Å². The second-order valence-electron chi connectivity index (χ2n) is 3.29. The monoisotopic (exact) mass is 230 g/mol. The van der Waals surface area contributed by atoms with Crippen molar-refractivity contribution in [1.82, 2.24) is 14.5 Å². The van der Waals surface area contributed by atoms with E-state index in [1.807, 2.05) is 19.9 Å². The van der Waals surface area contributed by atoms with Crippen LogP contribution in [0.15, 0.2) is 17.3 Å². The molecule has 0 spiro atoms. The van der Waals surface area contributed by atoms with Crippen LogP contribution in [0, 0.1) is 18.3 Å². The molecule has 0 aromatic carbocycles. The molecule has 0 saturated carbocycles. The molecule has 88 valence electrons. The van der Waals surface area contributed by atoms with Crippen LogP contribution in [0.2, 0.25) is 0 Å². The Bertz CT molecular complexity index is 637. The standard InChI is InChI=1S/C10H8N4O.C2H6/c1-6-4-12-7(3-11)9-8(6)10(15)14(2)5-13-9;1-2/h4-5H,1-2H3;1-2H3. The van der Waals surface area contributed by atoms with E-state index in [0.29, 0.717) is 10.9 Å². The summed E-state index contributed by atoms with van der Waals surface area (Å²) in [5.41, 5.74) is 1.14. The molecule has 0 aliphatic rings. The lowest BCUT2D eigenvalue weighted by molar-refractivity contribution is 0.840. The van der Waals surface area contributed by atoms with Crippen LogP contribution >= 0.6 is 0 Å². The summed E-state index contributed by atoms with van der Waals surface area (Å²) in [5, 5.41) is 9.29. The zero-order valence-electron chi connectivity index (χ0n) is 10.4. The number of nitrogens with zero attached hydrogens (tertiary/aromatic N) is 4. The van der Waals surface area contributed by atoms with Gasteiger partial charge in [-0.3, -0.25) is 4.79 Å². The highest BCUT2D eigenvalue weighted by Gasteiger charge is 2.10. The van der Waals surface area contributed by atoms with Gasteiger partial charge >= 0.3 is 0 Å². The second-order valence-corrected chi connectivity index (χ2v) is 3.29. The Hall–Kier alpha value is -2.22. The number of pyridine rings is 1. The van der Waals surface area contributed by atoms with E-state index in [2.05, 4.69) is 9.97 Å². The Kier molecular flexibility index (Phi) is 3.94. The highest BCUT2D eigenvalue weighted by Crippen LogP contribution is 2.13. The van der Waals surface area contributed by atoms with E-state index < -0.39 is 0 Å². The summed E-state index contributed by atoms with van der Waals surface area (Å²) in [6.07, 6.45) is 2.91. The normalized spacial score (nSPS) is 9.35. The molecule has 0 saturated heterocycles. The first-order valence-electron chi connectivity index (χ1n) is 5.36. The Morgan fingerprint density at radius 3 is 2.59 bits per heavy atom. The average Bonchev–Trinajstić information content (AvgIpc) is 2.36. The number of hydrogen-bond acceptors (Lipinski definition) is 4. The van der Waals surface area contributed by atoms with Crippen LogP contribution in [-0.4, -0.2) is 14.5 Å². The zero-order valence-corrected chi connectivity index (χ0v) is 10.4. The van der Waals surface area contributed by atoms with Crippen LogP contribution in [-0.2, 0) is 7.05 Å². The van der Waals surface area contributed by atoms with Gasteiger partial charge in [0.05, 0.1) is 11.7 Å². The van der Waals surface area contributed by atoms with Gasteiger partial charge in [0.2, 0.25) is 0 Å². The van der Waals surface area contributed by atoms with E-state index in [9.17, 15) is 4.79 Å². The molecule has 17 heavy (non-hydrogen) atoms. The van der Waals surface area contributed by atoms with Crippen LogP contribution in [0.4, 0.5) is 0 Å². The van der Waals surface area contributed by atoms with Crippen molar-refractivity contribution in [3.05, 3.63) is 34.1 Å². The number of rotatable bonds is 0. The second kappa shape index (κ2) is 5.21. The maximum atomic E-state index is 11.8. The molecule has 5 nitrogen and oxygen atoms in total. The van der Waals surface area contributed by atoms with Crippen molar-refractivity contribution in [1.29, 1.82) is 5.26 Å². The maximum absolute atomic E-state index is 11.8. The lowest BCUT2D eigenvalue weighted by Crippen LogP contribution is -2.18. The van der Waals surface area contributed by atoms with Gasteiger partial charge in [-0.1, -0.05) is 13.8 Å². The molecule has 0 unspecified atom stereocenters. The summed E-state index contributed by atoms with van der Waals surface area (Å²) < 4.78 is 1.39. The van der Waals surface area contributed by atoms with E-state index in [1.165, 1.54) is 17.1 Å². The molecule has 2 aromatic rings. The average molecular weight is 230 g/mol. The highest BCUT2D eigenvalue weighted by molar-refractivity contribution is 5.84. The van der Waals surface area contributed by atoms with E-state index in [1.54, 1.807) is 14.0 Å². The van der Waals surface area contributed by atoms with Crippen molar-refractivity contribution in [2.24, 2.45) is 7.05 Å². The third kappa shape index (κ3) is 2.16. The summed E-state index contributed by atoms with van der Waals surface area (Å²) in [7, 11) is 1.63. The highest BCUT2D eigenvalue weighted by atomic mass is 16.1. The first kappa shape index (κ1) is 12.8. The molecule has 0 aliphatic carbocycles. The van der Waals surface area contributed by atoms with Gasteiger partial charge in [0.25, 0.3) is 5.56 Å². The fourth-order valence-electron chi connectivity index (χ4n) is 1.44. The topological polar surface area (TPSA) is 71.6 Å². The Labute approximate surface area is 99.4 Å². The molecule has 2 rings (SSSR count). The fraction of sp³-hybridized carbons (Fsp3) is 0.333. The molecular weight excluding hydrogens is 216 g/mol. The van der Waals surface area contributed by atoms with Crippen LogP contribution < -0.4 is 5.56 Å². The van der Waals surface area contributed by atoms with Crippen LogP contribution in [0.3, 0.4) is 0 Å². The molecule has 0 radical (unpaired) electrons. The van der Waals surface area contributed by atoms with Gasteiger partial charge in [0.15, 0.2) is 5.69 Å². The van der Waals surface area contributed by atoms with E-state index >= 15 is 0 Å². The van der Waals surface area contributed by atoms with E-state index in [0.717, 1.165) is 5.56 Å². The molecule has 0 aliphatic heterocycles. The number of fused-ring (bicyclic) bond motifs is 1. The molecule has 0 N–H and O–H groups in total. The molecule has 0 amide bonds. The van der Waals surface area contributed by atoms with Gasteiger partial charge in [0, 0.05) is 13.2 Å². The SMILES string of the molecule is CC.Cc1cnc(C#N)c2ncn(C)c(=O)c12. The van der Waals surface area contributed by atoms with Gasteiger partial charge in [-0.15, -0.1) is 0 Å². The summed E-state index contributed by atoms with van der Waals surface area (Å²) >= 11 is 0. The molecule has 2 heterocycles. The summed E-state index contributed by atoms with van der Waals surface area (Å²) in [5.74, 6) is 0. The van der Waals surface area contributed by atoms with Crippen molar-refractivity contribution >= 4 is 10.9 Å². The van der Waals surface area contributed by atoms with Crippen molar-refractivity contribution in [2.45, 2.75) is 20.8 Å². The predicted molar refractivity (Wildman–Crippen MR) is 65.6 cm³/mol. The first-order valence-corrected chi connectivity index (χ1v) is 5.36. The van der Waals surface area contributed by atoms with Crippen LogP contribution in [0.1, 0.15) is 25.1 Å². The smallest absolute Gasteiger partial charge is 0.261 e. The molecule has 0 fully saturated rings. The summed E-state index contributed by atoms with van der Waals surface area (Å²) in [6.45, 7) is 5.78. The van der Waals surface area contributed by atoms with Crippen molar-refractivity contribution in [3.8, 4) is 6.07 Å². The lowest BCUT2D eigenvalue weighted by Gasteiger charge is -2.03. The van der Waals surface area contributed by atoms with Crippen molar-refractivity contribution < 1.29 is 0 Å². The molecule has 2 aromatic heterocycles.